The predicted molar refractivity (Wildman–Crippen MR) is 64.6 cm³/mol. The molecular weight excluding hydrogens is 214 g/mol. The summed E-state index contributed by atoms with van der Waals surface area (Å²) < 4.78 is 5.59. The molecule has 0 saturated carbocycles. The topological polar surface area (TPSA) is 71.9 Å². The van der Waals surface area contributed by atoms with E-state index in [9.17, 15) is 0 Å². The van der Waals surface area contributed by atoms with Crippen LogP contribution >= 0.6 is 0 Å². The summed E-state index contributed by atoms with van der Waals surface area (Å²) >= 11 is 0. The Labute approximate surface area is 99.3 Å². The van der Waals surface area contributed by atoms with E-state index >= 15 is 0 Å². The monoisotopic (exact) mass is 225 g/mol. The van der Waals surface area contributed by atoms with Crippen molar-refractivity contribution < 1.29 is 4.74 Å². The first-order chi connectivity index (χ1) is 8.19. The molecule has 0 saturated heterocycles. The second-order valence-corrected chi connectivity index (χ2v) is 3.60. The average Bonchev–Trinajstić information content (AvgIpc) is 2.33. The number of hydrogen-bond donors (Lipinski definition) is 1. The number of rotatable bonds is 2. The molecule has 0 aliphatic rings. The van der Waals surface area contributed by atoms with Crippen LogP contribution in [-0.4, -0.2) is 4.98 Å². The van der Waals surface area contributed by atoms with Crippen molar-refractivity contribution >= 4 is 5.69 Å². The number of benzene rings is 1. The van der Waals surface area contributed by atoms with Gasteiger partial charge in [-0.3, -0.25) is 0 Å². The zero-order valence-electron chi connectivity index (χ0n) is 9.34. The van der Waals surface area contributed by atoms with Gasteiger partial charge in [-0.1, -0.05) is 6.07 Å². The molecular formula is C13H11N3O. The number of nitrogens with two attached hydrogens (primary N) is 1. The normalized spacial score (nSPS) is 9.65. The highest BCUT2D eigenvalue weighted by Gasteiger charge is 2.03. The van der Waals surface area contributed by atoms with Gasteiger partial charge in [-0.05, 0) is 36.8 Å². The summed E-state index contributed by atoms with van der Waals surface area (Å²) in [6.45, 7) is 1.90. The lowest BCUT2D eigenvalue weighted by atomic mass is 10.2. The quantitative estimate of drug-likeness (QED) is 0.797. The van der Waals surface area contributed by atoms with Crippen molar-refractivity contribution in [3.05, 3.63) is 47.7 Å². The molecule has 0 amide bonds. The van der Waals surface area contributed by atoms with Gasteiger partial charge in [0.05, 0.1) is 0 Å². The molecule has 0 aliphatic carbocycles. The minimum Gasteiger partial charge on any atom is -0.439 e. The molecule has 0 fully saturated rings. The number of anilines is 1. The second kappa shape index (κ2) is 4.54. The van der Waals surface area contributed by atoms with E-state index in [1.807, 2.05) is 19.1 Å². The number of aryl methyl sites for hydroxylation is 1. The maximum absolute atomic E-state index is 8.73. The van der Waals surface area contributed by atoms with Gasteiger partial charge in [0.15, 0.2) is 0 Å². The van der Waals surface area contributed by atoms with E-state index in [0.29, 0.717) is 23.0 Å². The van der Waals surface area contributed by atoms with Crippen LogP contribution < -0.4 is 10.5 Å². The van der Waals surface area contributed by atoms with E-state index in [2.05, 4.69) is 4.98 Å². The first-order valence-electron chi connectivity index (χ1n) is 5.10. The summed E-state index contributed by atoms with van der Waals surface area (Å²) in [5.41, 5.74) is 7.60. The number of nitriles is 1. The Morgan fingerprint density at radius 1 is 1.29 bits per heavy atom. The summed E-state index contributed by atoms with van der Waals surface area (Å²) in [5, 5.41) is 8.73. The van der Waals surface area contributed by atoms with Crippen molar-refractivity contribution in [3.63, 3.8) is 0 Å². The van der Waals surface area contributed by atoms with Crippen molar-refractivity contribution in [3.8, 4) is 17.7 Å². The van der Waals surface area contributed by atoms with E-state index in [4.69, 9.17) is 15.7 Å². The minimum absolute atomic E-state index is 0.329. The summed E-state index contributed by atoms with van der Waals surface area (Å²) in [4.78, 5) is 4.04. The third-order valence-corrected chi connectivity index (χ3v) is 2.25. The maximum atomic E-state index is 8.73. The van der Waals surface area contributed by atoms with E-state index in [0.717, 1.165) is 5.56 Å². The smallest absolute Gasteiger partial charge is 0.220 e. The fourth-order valence-electron chi connectivity index (χ4n) is 1.43. The molecule has 0 radical (unpaired) electrons. The van der Waals surface area contributed by atoms with Crippen LogP contribution in [0.3, 0.4) is 0 Å². The zero-order valence-corrected chi connectivity index (χ0v) is 9.34. The molecule has 0 atom stereocenters. The number of aromatic nitrogens is 1. The van der Waals surface area contributed by atoms with Crippen LogP contribution in [0.5, 0.6) is 11.6 Å². The van der Waals surface area contributed by atoms with Crippen LogP contribution in [0.4, 0.5) is 5.69 Å². The summed E-state index contributed by atoms with van der Waals surface area (Å²) in [7, 11) is 0. The molecule has 17 heavy (non-hydrogen) atoms. The Morgan fingerprint density at radius 3 is 2.82 bits per heavy atom. The second-order valence-electron chi connectivity index (χ2n) is 3.60. The number of pyridine rings is 1. The number of nitrogens with zero attached hydrogens (tertiary/aromatic N) is 2. The van der Waals surface area contributed by atoms with Crippen molar-refractivity contribution in [1.29, 1.82) is 5.26 Å². The predicted octanol–water partition coefficient (Wildman–Crippen LogP) is 2.64. The molecule has 0 aliphatic heterocycles. The fraction of sp³-hybridized carbons (Fsp3) is 0.0769. The Hall–Kier alpha value is -2.54. The zero-order chi connectivity index (χ0) is 12.3. The van der Waals surface area contributed by atoms with E-state index in [-0.39, 0.29) is 0 Å². The molecule has 2 rings (SSSR count). The maximum Gasteiger partial charge on any atom is 0.220 e. The van der Waals surface area contributed by atoms with Crippen molar-refractivity contribution in [2.75, 3.05) is 5.73 Å². The van der Waals surface area contributed by atoms with Crippen molar-refractivity contribution in [2.24, 2.45) is 0 Å². The lowest BCUT2D eigenvalue weighted by molar-refractivity contribution is 0.459. The first kappa shape index (κ1) is 11.0. The van der Waals surface area contributed by atoms with Gasteiger partial charge >= 0.3 is 0 Å². The molecule has 2 aromatic rings. The molecule has 1 aromatic carbocycles. The Balaban J connectivity index is 2.28. The fourth-order valence-corrected chi connectivity index (χ4v) is 1.43. The van der Waals surface area contributed by atoms with Crippen LogP contribution in [0.25, 0.3) is 0 Å². The number of nitrogen functional groups attached to an aromatic ring is 1. The highest BCUT2D eigenvalue weighted by molar-refractivity contribution is 5.48. The van der Waals surface area contributed by atoms with E-state index in [1.165, 1.54) is 0 Å². The van der Waals surface area contributed by atoms with E-state index < -0.39 is 0 Å². The highest BCUT2D eigenvalue weighted by Crippen LogP contribution is 2.25. The van der Waals surface area contributed by atoms with Crippen LogP contribution in [0.15, 0.2) is 36.4 Å². The SMILES string of the molecule is Cc1cc(N)ccc1Oc1cccc(C#N)n1. The van der Waals surface area contributed by atoms with Crippen LogP contribution in [-0.2, 0) is 0 Å². The van der Waals surface area contributed by atoms with Gasteiger partial charge in [0.1, 0.15) is 17.5 Å². The van der Waals surface area contributed by atoms with Gasteiger partial charge in [0.25, 0.3) is 0 Å². The van der Waals surface area contributed by atoms with Gasteiger partial charge in [-0.25, -0.2) is 4.98 Å². The average molecular weight is 225 g/mol. The third-order valence-electron chi connectivity index (χ3n) is 2.25. The van der Waals surface area contributed by atoms with Gasteiger partial charge in [0.2, 0.25) is 5.88 Å². The molecule has 1 heterocycles. The lowest BCUT2D eigenvalue weighted by Gasteiger charge is -2.08. The number of ether oxygens (including phenoxy) is 1. The van der Waals surface area contributed by atoms with Gasteiger partial charge in [-0.15, -0.1) is 0 Å². The molecule has 1 aromatic heterocycles. The van der Waals surface area contributed by atoms with Crippen LogP contribution in [0.2, 0.25) is 0 Å². The van der Waals surface area contributed by atoms with Crippen molar-refractivity contribution in [2.45, 2.75) is 6.92 Å². The number of hydrogen-bond acceptors (Lipinski definition) is 4. The first-order valence-corrected chi connectivity index (χ1v) is 5.10. The summed E-state index contributed by atoms with van der Waals surface area (Å²) in [5.74, 6) is 1.08. The van der Waals surface area contributed by atoms with Crippen LogP contribution in [0, 0.1) is 18.3 Å². The lowest BCUT2D eigenvalue weighted by Crippen LogP contribution is -1.93. The Bertz CT molecular complexity index is 587. The Morgan fingerprint density at radius 2 is 2.12 bits per heavy atom. The summed E-state index contributed by atoms with van der Waals surface area (Å²) in [6.07, 6.45) is 0. The Kier molecular flexibility index (Phi) is 2.93. The molecule has 84 valence electrons. The molecule has 4 heteroatoms. The standard InChI is InChI=1S/C13H11N3O/c1-9-7-10(15)5-6-12(9)17-13-4-2-3-11(8-14)16-13/h2-7H,15H2,1H3. The van der Waals surface area contributed by atoms with Crippen LogP contribution in [0.1, 0.15) is 11.3 Å². The van der Waals surface area contributed by atoms with Crippen molar-refractivity contribution in [1.82, 2.24) is 4.98 Å². The molecule has 0 bridgehead atoms. The summed E-state index contributed by atoms with van der Waals surface area (Å²) in [6, 6.07) is 12.4. The highest BCUT2D eigenvalue weighted by atomic mass is 16.5. The molecule has 4 nitrogen and oxygen atoms in total. The van der Waals surface area contributed by atoms with Gasteiger partial charge < -0.3 is 10.5 Å². The largest absolute Gasteiger partial charge is 0.439 e. The molecule has 0 spiro atoms. The minimum atomic E-state index is 0.329. The van der Waals surface area contributed by atoms with Gasteiger partial charge in [0, 0.05) is 11.8 Å². The molecule has 2 N–H and O–H groups in total. The van der Waals surface area contributed by atoms with E-state index in [1.54, 1.807) is 30.3 Å². The third kappa shape index (κ3) is 2.52. The van der Waals surface area contributed by atoms with Gasteiger partial charge in [-0.2, -0.15) is 5.26 Å². The molecule has 0 unspecified atom stereocenters.